The van der Waals surface area contributed by atoms with E-state index in [0.717, 1.165) is 27.9 Å². The Morgan fingerprint density at radius 1 is 1.12 bits per heavy atom. The Morgan fingerprint density at radius 3 is 2.64 bits per heavy atom. The fraction of sp³-hybridized carbons (Fsp3) is 0.250. The molecule has 1 amide bonds. The SMILES string of the molecule is CCCOc1ccc(/C=C/C(=O)Nc2ccccc2Br)cc1OCC. The van der Waals surface area contributed by atoms with Crippen LogP contribution in [0.1, 0.15) is 25.8 Å². The zero-order chi connectivity index (χ0) is 18.1. The van der Waals surface area contributed by atoms with Crippen LogP contribution in [0, 0.1) is 0 Å². The van der Waals surface area contributed by atoms with E-state index in [1.165, 1.54) is 6.08 Å². The molecule has 0 aromatic heterocycles. The highest BCUT2D eigenvalue weighted by Crippen LogP contribution is 2.29. The molecule has 0 radical (unpaired) electrons. The van der Waals surface area contributed by atoms with Crippen LogP contribution in [0.5, 0.6) is 11.5 Å². The Balaban J connectivity index is 2.07. The number of halogens is 1. The van der Waals surface area contributed by atoms with Gasteiger partial charge in [-0.2, -0.15) is 0 Å². The van der Waals surface area contributed by atoms with Crippen LogP contribution in [0.15, 0.2) is 53.0 Å². The summed E-state index contributed by atoms with van der Waals surface area (Å²) in [6.07, 6.45) is 4.18. The summed E-state index contributed by atoms with van der Waals surface area (Å²) in [5.74, 6) is 1.21. The molecule has 1 N–H and O–H groups in total. The molecule has 0 heterocycles. The smallest absolute Gasteiger partial charge is 0.248 e. The van der Waals surface area contributed by atoms with E-state index in [0.29, 0.717) is 19.0 Å². The largest absolute Gasteiger partial charge is 0.490 e. The second-order valence-corrected chi connectivity index (χ2v) is 6.14. The molecule has 25 heavy (non-hydrogen) atoms. The van der Waals surface area contributed by atoms with Gasteiger partial charge in [0.25, 0.3) is 0 Å². The lowest BCUT2D eigenvalue weighted by Crippen LogP contribution is -2.08. The summed E-state index contributed by atoms with van der Waals surface area (Å²) < 4.78 is 12.1. The Morgan fingerprint density at radius 2 is 1.92 bits per heavy atom. The zero-order valence-electron chi connectivity index (χ0n) is 14.4. The molecule has 132 valence electrons. The standard InChI is InChI=1S/C20H22BrNO3/c1-3-13-25-18-11-9-15(14-19(18)24-4-2)10-12-20(23)22-17-8-6-5-7-16(17)21/h5-12,14H,3-4,13H2,1-2H3,(H,22,23)/b12-10+. The van der Waals surface area contributed by atoms with Gasteiger partial charge in [-0.1, -0.05) is 25.1 Å². The molecule has 2 rings (SSSR count). The molecule has 4 nitrogen and oxygen atoms in total. The summed E-state index contributed by atoms with van der Waals surface area (Å²) in [6, 6.07) is 13.1. The summed E-state index contributed by atoms with van der Waals surface area (Å²) in [4.78, 5) is 12.1. The van der Waals surface area contributed by atoms with E-state index >= 15 is 0 Å². The van der Waals surface area contributed by atoms with Crippen LogP contribution < -0.4 is 14.8 Å². The number of ether oxygens (including phenoxy) is 2. The third-order valence-electron chi connectivity index (χ3n) is 3.29. The highest BCUT2D eigenvalue weighted by atomic mass is 79.9. The number of hydrogen-bond donors (Lipinski definition) is 1. The van der Waals surface area contributed by atoms with Crippen molar-refractivity contribution >= 4 is 33.6 Å². The third-order valence-corrected chi connectivity index (χ3v) is 3.98. The minimum absolute atomic E-state index is 0.198. The van der Waals surface area contributed by atoms with Gasteiger partial charge in [0.1, 0.15) is 0 Å². The number of amides is 1. The summed E-state index contributed by atoms with van der Waals surface area (Å²) >= 11 is 3.41. The quantitative estimate of drug-likeness (QED) is 0.609. The maximum absolute atomic E-state index is 12.1. The van der Waals surface area contributed by atoms with Gasteiger partial charge in [0.2, 0.25) is 5.91 Å². The Hall–Kier alpha value is -2.27. The number of rotatable bonds is 8. The number of para-hydroxylation sites is 1. The van der Waals surface area contributed by atoms with Gasteiger partial charge in [-0.15, -0.1) is 0 Å². The van der Waals surface area contributed by atoms with Gasteiger partial charge in [0.05, 0.1) is 18.9 Å². The van der Waals surface area contributed by atoms with E-state index in [1.54, 1.807) is 6.08 Å². The first-order chi connectivity index (χ1) is 12.1. The molecule has 0 saturated carbocycles. The molecule has 0 aliphatic carbocycles. The van der Waals surface area contributed by atoms with E-state index in [1.807, 2.05) is 49.4 Å². The summed E-state index contributed by atoms with van der Waals surface area (Å²) in [6.45, 7) is 5.18. The second-order valence-electron chi connectivity index (χ2n) is 5.29. The van der Waals surface area contributed by atoms with Crippen molar-refractivity contribution in [2.75, 3.05) is 18.5 Å². The number of nitrogens with one attached hydrogen (secondary N) is 1. The predicted octanol–water partition coefficient (Wildman–Crippen LogP) is 5.29. The molecule has 0 fully saturated rings. The number of anilines is 1. The lowest BCUT2D eigenvalue weighted by Gasteiger charge is -2.12. The number of hydrogen-bond acceptors (Lipinski definition) is 3. The van der Waals surface area contributed by atoms with Gasteiger partial charge in [-0.3, -0.25) is 4.79 Å². The van der Waals surface area contributed by atoms with Crippen LogP contribution in [0.4, 0.5) is 5.69 Å². The Kier molecular flexibility index (Phi) is 7.54. The fourth-order valence-electron chi connectivity index (χ4n) is 2.14. The van der Waals surface area contributed by atoms with E-state index in [-0.39, 0.29) is 5.91 Å². The van der Waals surface area contributed by atoms with E-state index in [2.05, 4.69) is 28.2 Å². The lowest BCUT2D eigenvalue weighted by atomic mass is 10.2. The van der Waals surface area contributed by atoms with Crippen molar-refractivity contribution in [1.29, 1.82) is 0 Å². The van der Waals surface area contributed by atoms with Crippen molar-refractivity contribution < 1.29 is 14.3 Å². The fourth-order valence-corrected chi connectivity index (χ4v) is 2.52. The first kappa shape index (κ1) is 19.1. The van der Waals surface area contributed by atoms with Gasteiger partial charge in [0.15, 0.2) is 11.5 Å². The molecule has 0 bridgehead atoms. The molecule has 0 aliphatic rings. The molecular formula is C20H22BrNO3. The van der Waals surface area contributed by atoms with Gasteiger partial charge in [0, 0.05) is 10.5 Å². The number of carbonyl (C=O) groups excluding carboxylic acids is 1. The van der Waals surface area contributed by atoms with Gasteiger partial charge < -0.3 is 14.8 Å². The summed E-state index contributed by atoms with van der Waals surface area (Å²) in [7, 11) is 0. The second kappa shape index (κ2) is 9.89. The first-order valence-corrected chi connectivity index (χ1v) is 9.06. The van der Waals surface area contributed by atoms with Gasteiger partial charge >= 0.3 is 0 Å². The van der Waals surface area contributed by atoms with Crippen LogP contribution in [0.25, 0.3) is 6.08 Å². The minimum atomic E-state index is -0.198. The molecule has 0 saturated heterocycles. The van der Waals surface area contributed by atoms with Crippen molar-refractivity contribution in [1.82, 2.24) is 0 Å². The molecule has 0 aliphatic heterocycles. The maximum atomic E-state index is 12.1. The average molecular weight is 404 g/mol. The summed E-state index contributed by atoms with van der Waals surface area (Å²) in [5.41, 5.74) is 1.60. The minimum Gasteiger partial charge on any atom is -0.490 e. The van der Waals surface area contributed by atoms with E-state index in [9.17, 15) is 4.79 Å². The topological polar surface area (TPSA) is 47.6 Å². The molecule has 2 aromatic rings. The third kappa shape index (κ3) is 5.94. The molecule has 5 heteroatoms. The molecule has 0 spiro atoms. The van der Waals surface area contributed by atoms with Crippen molar-refractivity contribution in [2.24, 2.45) is 0 Å². The highest BCUT2D eigenvalue weighted by molar-refractivity contribution is 9.10. The van der Waals surface area contributed by atoms with E-state index in [4.69, 9.17) is 9.47 Å². The van der Waals surface area contributed by atoms with Crippen LogP contribution in [0.3, 0.4) is 0 Å². The molecule has 2 aromatic carbocycles. The highest BCUT2D eigenvalue weighted by Gasteiger charge is 2.06. The molecule has 0 unspecified atom stereocenters. The molecular weight excluding hydrogens is 382 g/mol. The van der Waals surface area contributed by atoms with Crippen molar-refractivity contribution in [3.63, 3.8) is 0 Å². The lowest BCUT2D eigenvalue weighted by molar-refractivity contribution is -0.111. The van der Waals surface area contributed by atoms with Gasteiger partial charge in [-0.05, 0) is 65.2 Å². The van der Waals surface area contributed by atoms with Crippen LogP contribution in [0.2, 0.25) is 0 Å². The molecule has 0 atom stereocenters. The van der Waals surface area contributed by atoms with Crippen molar-refractivity contribution in [3.8, 4) is 11.5 Å². The van der Waals surface area contributed by atoms with Crippen molar-refractivity contribution in [2.45, 2.75) is 20.3 Å². The number of benzene rings is 2. The zero-order valence-corrected chi connectivity index (χ0v) is 16.0. The average Bonchev–Trinajstić information content (AvgIpc) is 2.61. The predicted molar refractivity (Wildman–Crippen MR) is 105 cm³/mol. The Bertz CT molecular complexity index is 743. The Labute approximate surface area is 157 Å². The van der Waals surface area contributed by atoms with Crippen LogP contribution in [-0.2, 0) is 4.79 Å². The maximum Gasteiger partial charge on any atom is 0.248 e. The summed E-state index contributed by atoms with van der Waals surface area (Å²) in [5, 5.41) is 2.83. The van der Waals surface area contributed by atoms with Crippen molar-refractivity contribution in [3.05, 3.63) is 58.6 Å². The number of carbonyl (C=O) groups is 1. The normalized spacial score (nSPS) is 10.7. The first-order valence-electron chi connectivity index (χ1n) is 8.27. The van der Waals surface area contributed by atoms with E-state index < -0.39 is 0 Å². The van der Waals surface area contributed by atoms with Gasteiger partial charge in [-0.25, -0.2) is 0 Å². The van der Waals surface area contributed by atoms with Crippen LogP contribution in [-0.4, -0.2) is 19.1 Å². The monoisotopic (exact) mass is 403 g/mol. The van der Waals surface area contributed by atoms with Crippen LogP contribution >= 0.6 is 15.9 Å².